The van der Waals surface area contributed by atoms with Gasteiger partial charge in [0.2, 0.25) is 5.91 Å². The number of benzene rings is 2. The first kappa shape index (κ1) is 19.4. The van der Waals surface area contributed by atoms with Gasteiger partial charge in [0.05, 0.1) is 12.2 Å². The Morgan fingerprint density at radius 1 is 1.12 bits per heavy atom. The Balaban J connectivity index is 1.75. The number of hydrogen-bond acceptors (Lipinski definition) is 3. The molecule has 7 heteroatoms. The molecule has 2 aromatic rings. The number of carbonyl (C=O) groups is 2. The van der Waals surface area contributed by atoms with E-state index in [0.717, 1.165) is 17.7 Å². The lowest BCUT2D eigenvalue weighted by Gasteiger charge is -2.17. The van der Waals surface area contributed by atoms with Crippen molar-refractivity contribution in [2.45, 2.75) is 19.4 Å². The van der Waals surface area contributed by atoms with Gasteiger partial charge in [-0.3, -0.25) is 4.79 Å². The summed E-state index contributed by atoms with van der Waals surface area (Å²) in [6.45, 7) is 0.488. The summed E-state index contributed by atoms with van der Waals surface area (Å²) in [6.07, 6.45) is 0.602. The lowest BCUT2D eigenvalue weighted by molar-refractivity contribution is -0.130. The van der Waals surface area contributed by atoms with Gasteiger partial charge in [-0.05, 0) is 36.2 Å². The van der Waals surface area contributed by atoms with Crippen molar-refractivity contribution in [3.8, 4) is 5.75 Å². The van der Waals surface area contributed by atoms with Crippen molar-refractivity contribution < 1.29 is 28.2 Å². The Morgan fingerprint density at radius 2 is 1.81 bits per heavy atom. The van der Waals surface area contributed by atoms with Crippen LogP contribution in [0.3, 0.4) is 0 Å². The maximum absolute atomic E-state index is 13.4. The second kappa shape index (κ2) is 8.94. The largest absolute Gasteiger partial charge is 0.491 e. The highest BCUT2D eigenvalue weighted by Gasteiger charge is 2.11. The van der Waals surface area contributed by atoms with Crippen molar-refractivity contribution >= 4 is 11.9 Å². The molecule has 138 valence electrons. The van der Waals surface area contributed by atoms with Crippen LogP contribution in [-0.2, 0) is 11.3 Å². The first-order valence-corrected chi connectivity index (χ1v) is 8.01. The minimum absolute atomic E-state index is 0.0503. The second-order valence-corrected chi connectivity index (χ2v) is 5.78. The number of amides is 1. The maximum Gasteiger partial charge on any atom is 0.335 e. The number of rotatable bonds is 8. The van der Waals surface area contributed by atoms with Gasteiger partial charge in [-0.1, -0.05) is 12.1 Å². The van der Waals surface area contributed by atoms with E-state index in [2.05, 4.69) is 0 Å². The Bertz CT molecular complexity index is 778. The summed E-state index contributed by atoms with van der Waals surface area (Å²) in [4.78, 5) is 24.4. The van der Waals surface area contributed by atoms with Gasteiger partial charge < -0.3 is 14.7 Å². The molecule has 0 aliphatic carbocycles. The molecule has 0 aromatic heterocycles. The average molecular weight is 363 g/mol. The van der Waals surface area contributed by atoms with E-state index < -0.39 is 17.6 Å². The zero-order valence-corrected chi connectivity index (χ0v) is 14.2. The number of hydrogen-bond donors (Lipinski definition) is 1. The van der Waals surface area contributed by atoms with Crippen LogP contribution in [0.1, 0.15) is 28.8 Å². The van der Waals surface area contributed by atoms with Gasteiger partial charge in [0, 0.05) is 26.1 Å². The Labute approximate surface area is 149 Å². The SMILES string of the molecule is CN(Cc1ccc(C(=O)O)cc1)C(=O)CCCOc1ccc(F)cc1F. The van der Waals surface area contributed by atoms with Gasteiger partial charge in [-0.15, -0.1) is 0 Å². The predicted octanol–water partition coefficient (Wildman–Crippen LogP) is 3.48. The van der Waals surface area contributed by atoms with Crippen molar-refractivity contribution in [1.82, 2.24) is 4.90 Å². The number of carboxylic acids is 1. The van der Waals surface area contributed by atoms with E-state index in [1.54, 1.807) is 19.2 Å². The third-order valence-electron chi connectivity index (χ3n) is 3.73. The fourth-order valence-corrected chi connectivity index (χ4v) is 2.30. The fourth-order valence-electron chi connectivity index (χ4n) is 2.30. The monoisotopic (exact) mass is 363 g/mol. The second-order valence-electron chi connectivity index (χ2n) is 5.78. The molecule has 0 radical (unpaired) electrons. The summed E-state index contributed by atoms with van der Waals surface area (Å²) in [5.74, 6) is -2.62. The van der Waals surface area contributed by atoms with Crippen LogP contribution in [0.25, 0.3) is 0 Å². The minimum atomic E-state index is -1.00. The van der Waals surface area contributed by atoms with Crippen molar-refractivity contribution in [3.63, 3.8) is 0 Å². The van der Waals surface area contributed by atoms with Crippen molar-refractivity contribution in [2.75, 3.05) is 13.7 Å². The molecule has 5 nitrogen and oxygen atoms in total. The zero-order valence-electron chi connectivity index (χ0n) is 14.2. The summed E-state index contributed by atoms with van der Waals surface area (Å²) in [7, 11) is 1.65. The Hall–Kier alpha value is -2.96. The van der Waals surface area contributed by atoms with Crippen LogP contribution in [0.15, 0.2) is 42.5 Å². The standard InChI is InChI=1S/C19H19F2NO4/c1-22(12-13-4-6-14(7-5-13)19(24)25)18(23)3-2-10-26-17-9-8-15(20)11-16(17)21/h4-9,11H,2-3,10,12H2,1H3,(H,24,25). The molecule has 0 aliphatic heterocycles. The molecule has 0 spiro atoms. The molecule has 0 bridgehead atoms. The van der Waals surface area contributed by atoms with E-state index in [1.165, 1.54) is 23.1 Å². The molecule has 0 heterocycles. The first-order valence-electron chi connectivity index (χ1n) is 8.01. The lowest BCUT2D eigenvalue weighted by Crippen LogP contribution is -2.26. The molecule has 26 heavy (non-hydrogen) atoms. The zero-order chi connectivity index (χ0) is 19.1. The third kappa shape index (κ3) is 5.54. The van der Waals surface area contributed by atoms with Crippen LogP contribution >= 0.6 is 0 Å². The number of halogens is 2. The number of aromatic carboxylic acids is 1. The molecule has 1 N–H and O–H groups in total. The number of ether oxygens (including phenoxy) is 1. The van der Waals surface area contributed by atoms with Crippen molar-refractivity contribution in [2.24, 2.45) is 0 Å². The minimum Gasteiger partial charge on any atom is -0.491 e. The molecule has 1 amide bonds. The van der Waals surface area contributed by atoms with E-state index in [4.69, 9.17) is 9.84 Å². The first-order chi connectivity index (χ1) is 12.4. The highest BCUT2D eigenvalue weighted by Crippen LogP contribution is 2.18. The van der Waals surface area contributed by atoms with Crippen LogP contribution < -0.4 is 4.74 Å². The molecule has 0 saturated heterocycles. The summed E-state index contributed by atoms with van der Waals surface area (Å²) < 4.78 is 31.4. The molecule has 2 aromatic carbocycles. The van der Waals surface area contributed by atoms with Crippen LogP contribution in [0.4, 0.5) is 8.78 Å². The molecule has 0 atom stereocenters. The van der Waals surface area contributed by atoms with Crippen LogP contribution in [0.2, 0.25) is 0 Å². The fraction of sp³-hybridized carbons (Fsp3) is 0.263. The highest BCUT2D eigenvalue weighted by atomic mass is 19.1. The van der Waals surface area contributed by atoms with E-state index in [0.29, 0.717) is 13.0 Å². The van der Waals surface area contributed by atoms with Crippen molar-refractivity contribution in [1.29, 1.82) is 0 Å². The van der Waals surface area contributed by atoms with Crippen molar-refractivity contribution in [3.05, 3.63) is 65.2 Å². The van der Waals surface area contributed by atoms with E-state index in [-0.39, 0.29) is 30.2 Å². The van der Waals surface area contributed by atoms with E-state index in [1.807, 2.05) is 0 Å². The summed E-state index contributed by atoms with van der Waals surface area (Å²) in [5, 5.41) is 8.86. The summed E-state index contributed by atoms with van der Waals surface area (Å²) in [5.41, 5.74) is 1.00. The van der Waals surface area contributed by atoms with Gasteiger partial charge >= 0.3 is 5.97 Å². The summed E-state index contributed by atoms with van der Waals surface area (Å²) >= 11 is 0. The lowest BCUT2D eigenvalue weighted by atomic mass is 10.1. The predicted molar refractivity (Wildman–Crippen MR) is 91.0 cm³/mol. The van der Waals surface area contributed by atoms with Crippen LogP contribution in [-0.4, -0.2) is 35.5 Å². The number of nitrogens with zero attached hydrogens (tertiary/aromatic N) is 1. The van der Waals surface area contributed by atoms with Gasteiger partial charge in [-0.25, -0.2) is 13.6 Å². The molecule has 0 aliphatic rings. The smallest absolute Gasteiger partial charge is 0.335 e. The van der Waals surface area contributed by atoms with Crippen LogP contribution in [0.5, 0.6) is 5.75 Å². The average Bonchev–Trinajstić information content (AvgIpc) is 2.60. The molecular weight excluding hydrogens is 344 g/mol. The Morgan fingerprint density at radius 3 is 2.42 bits per heavy atom. The molecule has 0 fully saturated rings. The van der Waals surface area contributed by atoms with Gasteiger partial charge in [0.15, 0.2) is 11.6 Å². The molecular formula is C19H19F2NO4. The number of carbonyl (C=O) groups excluding carboxylic acids is 1. The molecule has 0 saturated carbocycles. The normalized spacial score (nSPS) is 10.4. The van der Waals surface area contributed by atoms with Crippen LogP contribution in [0, 0.1) is 11.6 Å². The quantitative estimate of drug-likeness (QED) is 0.729. The summed E-state index contributed by atoms with van der Waals surface area (Å²) in [6, 6.07) is 9.35. The van der Waals surface area contributed by atoms with E-state index >= 15 is 0 Å². The van der Waals surface area contributed by atoms with Gasteiger partial charge in [-0.2, -0.15) is 0 Å². The highest BCUT2D eigenvalue weighted by molar-refractivity contribution is 5.87. The topological polar surface area (TPSA) is 66.8 Å². The van der Waals surface area contributed by atoms with Gasteiger partial charge in [0.1, 0.15) is 5.82 Å². The number of carboxylic acid groups (broad SMARTS) is 1. The molecule has 0 unspecified atom stereocenters. The van der Waals surface area contributed by atoms with Gasteiger partial charge in [0.25, 0.3) is 0 Å². The maximum atomic E-state index is 13.4. The molecule has 2 rings (SSSR count). The van der Waals surface area contributed by atoms with E-state index in [9.17, 15) is 18.4 Å². The third-order valence-corrected chi connectivity index (χ3v) is 3.73. The Kier molecular flexibility index (Phi) is 6.66.